The molecular weight excluding hydrogens is 220 g/mol. The molecule has 1 aliphatic carbocycles. The fraction of sp³-hybridized carbons (Fsp3) is 0.625. The Hall–Kier alpha value is -1.02. The van der Waals surface area contributed by atoms with Crippen molar-refractivity contribution in [3.05, 3.63) is 29.8 Å². The van der Waals surface area contributed by atoms with Gasteiger partial charge in [0.2, 0.25) is 0 Å². The molecule has 1 atom stereocenters. The Morgan fingerprint density at radius 3 is 2.83 bits per heavy atom. The van der Waals surface area contributed by atoms with Gasteiger partial charge in [0.05, 0.1) is 0 Å². The number of rotatable bonds is 3. The molecule has 2 nitrogen and oxygen atoms in total. The lowest BCUT2D eigenvalue weighted by molar-refractivity contribution is 0.314. The number of nitrogens with one attached hydrogen (secondary N) is 1. The Labute approximate surface area is 110 Å². The van der Waals surface area contributed by atoms with Gasteiger partial charge in [0.1, 0.15) is 0 Å². The highest BCUT2D eigenvalue weighted by molar-refractivity contribution is 5.54. The van der Waals surface area contributed by atoms with Crippen LogP contribution in [0.2, 0.25) is 0 Å². The Morgan fingerprint density at radius 1 is 1.28 bits per heavy atom. The molecule has 0 saturated heterocycles. The number of fused-ring (bicyclic) bond motifs is 1. The Kier molecular flexibility index (Phi) is 3.55. The van der Waals surface area contributed by atoms with Gasteiger partial charge in [-0.1, -0.05) is 31.5 Å². The molecule has 1 saturated carbocycles. The highest BCUT2D eigenvalue weighted by Gasteiger charge is 2.25. The topological polar surface area (TPSA) is 15.3 Å². The van der Waals surface area contributed by atoms with Crippen molar-refractivity contribution in [1.29, 1.82) is 0 Å². The van der Waals surface area contributed by atoms with E-state index in [0.29, 0.717) is 6.04 Å². The number of hydrogen-bond donors (Lipinski definition) is 1. The van der Waals surface area contributed by atoms with E-state index in [1.165, 1.54) is 50.0 Å². The highest BCUT2D eigenvalue weighted by atomic mass is 15.2. The summed E-state index contributed by atoms with van der Waals surface area (Å²) in [6.45, 7) is 5.74. The fourth-order valence-electron chi connectivity index (χ4n) is 3.09. The van der Waals surface area contributed by atoms with Gasteiger partial charge in [-0.15, -0.1) is 0 Å². The first-order valence-electron chi connectivity index (χ1n) is 7.43. The van der Waals surface area contributed by atoms with E-state index < -0.39 is 0 Å². The minimum Gasteiger partial charge on any atom is -0.369 e. The minimum absolute atomic E-state index is 0.637. The molecular formula is C16H24N2. The first-order valence-corrected chi connectivity index (χ1v) is 7.43. The molecule has 1 aromatic carbocycles. The van der Waals surface area contributed by atoms with Crippen molar-refractivity contribution >= 4 is 5.69 Å². The molecule has 1 heterocycles. The summed E-state index contributed by atoms with van der Waals surface area (Å²) in [4.78, 5) is 2.63. The number of hydrogen-bond acceptors (Lipinski definition) is 2. The molecule has 98 valence electrons. The molecule has 2 aliphatic rings. The quantitative estimate of drug-likeness (QED) is 0.878. The van der Waals surface area contributed by atoms with Crippen LogP contribution in [-0.4, -0.2) is 19.1 Å². The summed E-state index contributed by atoms with van der Waals surface area (Å²) < 4.78 is 0. The van der Waals surface area contributed by atoms with Gasteiger partial charge in [0.15, 0.2) is 0 Å². The van der Waals surface area contributed by atoms with E-state index in [-0.39, 0.29) is 0 Å². The predicted octanol–water partition coefficient (Wildman–Crippen LogP) is 3.17. The van der Waals surface area contributed by atoms with Gasteiger partial charge < -0.3 is 10.2 Å². The zero-order valence-electron chi connectivity index (χ0n) is 11.4. The van der Waals surface area contributed by atoms with E-state index in [9.17, 15) is 0 Å². The molecule has 18 heavy (non-hydrogen) atoms. The summed E-state index contributed by atoms with van der Waals surface area (Å²) in [6.07, 6.45) is 5.52. The van der Waals surface area contributed by atoms with Crippen molar-refractivity contribution in [1.82, 2.24) is 5.32 Å². The van der Waals surface area contributed by atoms with Crippen LogP contribution < -0.4 is 10.2 Å². The largest absolute Gasteiger partial charge is 0.369 e. The third kappa shape index (κ3) is 2.39. The van der Waals surface area contributed by atoms with E-state index in [1.54, 1.807) is 0 Å². The Balaban J connectivity index is 1.82. The van der Waals surface area contributed by atoms with Crippen LogP contribution in [0.4, 0.5) is 5.69 Å². The van der Waals surface area contributed by atoms with E-state index >= 15 is 0 Å². The molecule has 0 amide bonds. The third-order valence-electron chi connectivity index (χ3n) is 4.55. The minimum atomic E-state index is 0.637. The van der Waals surface area contributed by atoms with E-state index in [4.69, 9.17) is 0 Å². The fourth-order valence-corrected chi connectivity index (χ4v) is 3.09. The molecule has 3 rings (SSSR count). The molecule has 1 unspecified atom stereocenters. The molecule has 0 bridgehead atoms. The monoisotopic (exact) mass is 244 g/mol. The van der Waals surface area contributed by atoms with Crippen molar-refractivity contribution < 1.29 is 0 Å². The molecule has 1 N–H and O–H groups in total. The van der Waals surface area contributed by atoms with Gasteiger partial charge in [-0.25, -0.2) is 0 Å². The maximum absolute atomic E-state index is 3.69. The van der Waals surface area contributed by atoms with E-state index in [2.05, 4.69) is 41.4 Å². The summed E-state index contributed by atoms with van der Waals surface area (Å²) >= 11 is 0. The third-order valence-corrected chi connectivity index (χ3v) is 4.55. The number of para-hydroxylation sites is 1. The molecule has 0 spiro atoms. The lowest BCUT2D eigenvalue weighted by Gasteiger charge is -2.35. The SMILES string of the molecule is CCC1CN(CC2CCC2)c2ccccc2CN1. The van der Waals surface area contributed by atoms with Crippen LogP contribution in [0.15, 0.2) is 24.3 Å². The predicted molar refractivity (Wildman–Crippen MR) is 76.9 cm³/mol. The zero-order valence-corrected chi connectivity index (χ0v) is 11.4. The molecule has 1 aliphatic heterocycles. The van der Waals surface area contributed by atoms with Crippen LogP contribution in [0.3, 0.4) is 0 Å². The maximum atomic E-state index is 3.69. The van der Waals surface area contributed by atoms with Crippen LogP contribution in [0.25, 0.3) is 0 Å². The molecule has 2 heteroatoms. The molecule has 1 fully saturated rings. The van der Waals surface area contributed by atoms with Gasteiger partial charge >= 0.3 is 0 Å². The van der Waals surface area contributed by atoms with Crippen LogP contribution in [0.1, 0.15) is 38.2 Å². The second-order valence-corrected chi connectivity index (χ2v) is 5.82. The summed E-state index contributed by atoms with van der Waals surface area (Å²) in [7, 11) is 0. The van der Waals surface area contributed by atoms with Gasteiger partial charge in [0.25, 0.3) is 0 Å². The summed E-state index contributed by atoms with van der Waals surface area (Å²) in [5, 5.41) is 3.69. The van der Waals surface area contributed by atoms with Crippen molar-refractivity contribution in [3.63, 3.8) is 0 Å². The van der Waals surface area contributed by atoms with Crippen LogP contribution >= 0.6 is 0 Å². The van der Waals surface area contributed by atoms with Crippen LogP contribution in [0.5, 0.6) is 0 Å². The molecule has 1 aromatic rings. The van der Waals surface area contributed by atoms with Crippen molar-refractivity contribution in [3.8, 4) is 0 Å². The van der Waals surface area contributed by atoms with Gasteiger partial charge in [-0.3, -0.25) is 0 Å². The average Bonchev–Trinajstić information content (AvgIpc) is 2.53. The van der Waals surface area contributed by atoms with Crippen molar-refractivity contribution in [2.24, 2.45) is 5.92 Å². The van der Waals surface area contributed by atoms with Gasteiger partial charge in [0, 0.05) is 31.4 Å². The van der Waals surface area contributed by atoms with Gasteiger partial charge in [-0.05, 0) is 36.8 Å². The number of benzene rings is 1. The number of nitrogens with zero attached hydrogens (tertiary/aromatic N) is 1. The molecule has 0 radical (unpaired) electrons. The van der Waals surface area contributed by atoms with E-state index in [0.717, 1.165) is 12.5 Å². The first-order chi connectivity index (χ1) is 8.86. The van der Waals surface area contributed by atoms with Crippen LogP contribution in [-0.2, 0) is 6.54 Å². The lowest BCUT2D eigenvalue weighted by atomic mass is 9.85. The Bertz CT molecular complexity index is 398. The maximum Gasteiger partial charge on any atom is 0.0412 e. The van der Waals surface area contributed by atoms with Crippen molar-refractivity contribution in [2.75, 3.05) is 18.0 Å². The zero-order chi connectivity index (χ0) is 12.4. The summed E-state index contributed by atoms with van der Waals surface area (Å²) in [6, 6.07) is 9.55. The first kappa shape index (κ1) is 12.0. The van der Waals surface area contributed by atoms with Gasteiger partial charge in [-0.2, -0.15) is 0 Å². The molecule has 0 aromatic heterocycles. The van der Waals surface area contributed by atoms with Crippen LogP contribution in [0, 0.1) is 5.92 Å². The number of anilines is 1. The van der Waals surface area contributed by atoms with Crippen molar-refractivity contribution in [2.45, 2.75) is 45.2 Å². The second-order valence-electron chi connectivity index (χ2n) is 5.82. The van der Waals surface area contributed by atoms with E-state index in [1.807, 2.05) is 0 Å². The Morgan fingerprint density at radius 2 is 2.11 bits per heavy atom. The average molecular weight is 244 g/mol. The normalized spacial score (nSPS) is 24.3. The lowest BCUT2D eigenvalue weighted by Crippen LogP contribution is -2.41. The highest BCUT2D eigenvalue weighted by Crippen LogP contribution is 2.31. The standard InChI is InChI=1S/C16H24N2/c1-2-15-12-18(11-13-6-5-7-13)16-9-4-3-8-14(16)10-17-15/h3-4,8-9,13,15,17H,2,5-7,10-12H2,1H3. The smallest absolute Gasteiger partial charge is 0.0412 e. The summed E-state index contributed by atoms with van der Waals surface area (Å²) in [5.41, 5.74) is 2.93. The summed E-state index contributed by atoms with van der Waals surface area (Å²) in [5.74, 6) is 0.939. The second kappa shape index (κ2) is 5.31.